The Kier molecular flexibility index (Phi) is 3.27. The van der Waals surface area contributed by atoms with Gasteiger partial charge in [0.25, 0.3) is 0 Å². The average Bonchev–Trinajstić information content (AvgIpc) is 2.37. The van der Waals surface area contributed by atoms with Crippen LogP contribution in [0.1, 0.15) is 13.8 Å². The minimum atomic E-state index is 0.170. The van der Waals surface area contributed by atoms with E-state index in [1.165, 1.54) is 0 Å². The lowest BCUT2D eigenvalue weighted by Crippen LogP contribution is -2.62. The van der Waals surface area contributed by atoms with Crippen LogP contribution in [0.4, 0.5) is 11.4 Å². The maximum atomic E-state index is 12.2. The zero-order valence-corrected chi connectivity index (χ0v) is 12.8. The molecule has 0 aliphatic carbocycles. The smallest absolute Gasteiger partial charge is 0.241 e. The molecule has 1 atom stereocenters. The maximum Gasteiger partial charge on any atom is 0.241 e. The molecule has 0 radical (unpaired) electrons. The Morgan fingerprint density at radius 1 is 1.37 bits per heavy atom. The second kappa shape index (κ2) is 4.80. The van der Waals surface area contributed by atoms with Crippen LogP contribution < -0.4 is 15.1 Å². The van der Waals surface area contributed by atoms with Gasteiger partial charge < -0.3 is 15.1 Å². The standard InChI is InChI=1S/C14H18BrN3O/c1-9(2)17-8-11-6-16-7-14(19)18(11)12-4-3-10(15)5-13(12)17/h3-5,9,11,16H,6-8H2,1-2H3. The van der Waals surface area contributed by atoms with Crippen molar-refractivity contribution in [2.45, 2.75) is 25.9 Å². The highest BCUT2D eigenvalue weighted by molar-refractivity contribution is 9.10. The number of piperazine rings is 1. The highest BCUT2D eigenvalue weighted by Crippen LogP contribution is 2.39. The molecule has 0 bridgehead atoms. The molecule has 2 aliphatic heterocycles. The number of nitrogens with zero attached hydrogens (tertiary/aromatic N) is 2. The summed E-state index contributed by atoms with van der Waals surface area (Å²) in [5.74, 6) is 0.170. The number of nitrogens with one attached hydrogen (secondary N) is 1. The lowest BCUT2D eigenvalue weighted by Gasteiger charge is -2.47. The largest absolute Gasteiger partial charge is 0.365 e. The highest BCUT2D eigenvalue weighted by atomic mass is 79.9. The van der Waals surface area contributed by atoms with Gasteiger partial charge in [-0.25, -0.2) is 0 Å². The Morgan fingerprint density at radius 2 is 2.16 bits per heavy atom. The average molecular weight is 324 g/mol. The van der Waals surface area contributed by atoms with Gasteiger partial charge in [0.2, 0.25) is 5.91 Å². The number of carbonyl (C=O) groups is 1. The summed E-state index contributed by atoms with van der Waals surface area (Å²) in [5.41, 5.74) is 2.19. The van der Waals surface area contributed by atoms with Crippen molar-refractivity contribution in [2.24, 2.45) is 0 Å². The monoisotopic (exact) mass is 323 g/mol. The molecule has 1 fully saturated rings. The molecule has 1 amide bonds. The van der Waals surface area contributed by atoms with E-state index in [0.29, 0.717) is 12.6 Å². The van der Waals surface area contributed by atoms with Crippen molar-refractivity contribution < 1.29 is 4.79 Å². The molecular formula is C14H18BrN3O. The molecule has 1 aromatic rings. The Hall–Kier alpha value is -1.07. The van der Waals surface area contributed by atoms with Crippen molar-refractivity contribution in [1.82, 2.24) is 5.32 Å². The van der Waals surface area contributed by atoms with Gasteiger partial charge in [-0.1, -0.05) is 15.9 Å². The predicted octanol–water partition coefficient (Wildman–Crippen LogP) is 1.98. The predicted molar refractivity (Wildman–Crippen MR) is 80.8 cm³/mol. The first-order valence-corrected chi connectivity index (χ1v) is 7.46. The first-order valence-electron chi connectivity index (χ1n) is 6.67. The molecule has 0 saturated carbocycles. The lowest BCUT2D eigenvalue weighted by atomic mass is 10.0. The van der Waals surface area contributed by atoms with Crippen LogP contribution in [0, 0.1) is 0 Å². The lowest BCUT2D eigenvalue weighted by molar-refractivity contribution is -0.119. The Bertz CT molecular complexity index is 517. The van der Waals surface area contributed by atoms with Crippen LogP contribution in [0.5, 0.6) is 0 Å². The molecule has 2 aliphatic rings. The topological polar surface area (TPSA) is 35.6 Å². The van der Waals surface area contributed by atoms with Crippen molar-refractivity contribution >= 4 is 33.2 Å². The number of hydrogen-bond acceptors (Lipinski definition) is 3. The van der Waals surface area contributed by atoms with E-state index < -0.39 is 0 Å². The summed E-state index contributed by atoms with van der Waals surface area (Å²) in [6, 6.07) is 6.82. The molecule has 1 aromatic carbocycles. The summed E-state index contributed by atoms with van der Waals surface area (Å²) in [6.07, 6.45) is 0. The van der Waals surface area contributed by atoms with Gasteiger partial charge >= 0.3 is 0 Å². The number of hydrogen-bond donors (Lipinski definition) is 1. The van der Waals surface area contributed by atoms with E-state index in [1.54, 1.807) is 0 Å². The molecule has 1 unspecified atom stereocenters. The summed E-state index contributed by atoms with van der Waals surface area (Å²) < 4.78 is 1.05. The molecule has 5 heteroatoms. The van der Waals surface area contributed by atoms with Crippen molar-refractivity contribution in [3.63, 3.8) is 0 Å². The van der Waals surface area contributed by atoms with Crippen LogP contribution in [0.15, 0.2) is 22.7 Å². The molecule has 0 spiro atoms. The van der Waals surface area contributed by atoms with E-state index in [-0.39, 0.29) is 11.9 Å². The third-order valence-electron chi connectivity index (χ3n) is 3.83. The fraction of sp³-hybridized carbons (Fsp3) is 0.500. The SMILES string of the molecule is CC(C)N1CC2CNCC(=O)N2c2ccc(Br)cc21. The van der Waals surface area contributed by atoms with E-state index in [2.05, 4.69) is 46.1 Å². The van der Waals surface area contributed by atoms with Crippen LogP contribution >= 0.6 is 15.9 Å². The van der Waals surface area contributed by atoms with Crippen LogP contribution in [0.3, 0.4) is 0 Å². The van der Waals surface area contributed by atoms with Crippen molar-refractivity contribution in [2.75, 3.05) is 29.4 Å². The molecule has 0 aromatic heterocycles. The number of rotatable bonds is 1. The zero-order chi connectivity index (χ0) is 13.6. The molecule has 102 valence electrons. The first-order chi connectivity index (χ1) is 9.08. The van der Waals surface area contributed by atoms with Crippen molar-refractivity contribution in [1.29, 1.82) is 0 Å². The number of amides is 1. The molecule has 3 rings (SSSR count). The summed E-state index contributed by atoms with van der Waals surface area (Å²) in [6.45, 7) is 6.58. The van der Waals surface area contributed by atoms with Crippen LogP contribution in [-0.4, -0.2) is 37.6 Å². The van der Waals surface area contributed by atoms with Gasteiger partial charge in [0.1, 0.15) is 0 Å². The molecule has 4 nitrogen and oxygen atoms in total. The summed E-state index contributed by atoms with van der Waals surface area (Å²) >= 11 is 3.53. The Balaban J connectivity index is 2.10. The van der Waals surface area contributed by atoms with Crippen LogP contribution in [0.25, 0.3) is 0 Å². The van der Waals surface area contributed by atoms with Gasteiger partial charge in [0.15, 0.2) is 0 Å². The second-order valence-corrected chi connectivity index (χ2v) is 6.34. The minimum absolute atomic E-state index is 0.170. The number of carbonyl (C=O) groups excluding carboxylic acids is 1. The molecule has 19 heavy (non-hydrogen) atoms. The van der Waals surface area contributed by atoms with Gasteiger partial charge in [-0.15, -0.1) is 0 Å². The zero-order valence-electron chi connectivity index (χ0n) is 11.2. The van der Waals surface area contributed by atoms with Gasteiger partial charge in [-0.2, -0.15) is 0 Å². The van der Waals surface area contributed by atoms with Gasteiger partial charge in [-0.3, -0.25) is 4.79 Å². The quantitative estimate of drug-likeness (QED) is 0.858. The molecule has 1 N–H and O–H groups in total. The molecular weight excluding hydrogens is 306 g/mol. The van der Waals surface area contributed by atoms with Crippen LogP contribution in [0.2, 0.25) is 0 Å². The third kappa shape index (κ3) is 2.15. The Labute approximate surface area is 121 Å². The van der Waals surface area contributed by atoms with E-state index in [4.69, 9.17) is 0 Å². The molecule has 1 saturated heterocycles. The summed E-state index contributed by atoms with van der Waals surface area (Å²) in [4.78, 5) is 16.5. The maximum absolute atomic E-state index is 12.2. The van der Waals surface area contributed by atoms with E-state index >= 15 is 0 Å². The normalized spacial score (nSPS) is 22.5. The molecule has 2 heterocycles. The number of fused-ring (bicyclic) bond motifs is 3. The van der Waals surface area contributed by atoms with Crippen molar-refractivity contribution in [3.05, 3.63) is 22.7 Å². The second-order valence-electron chi connectivity index (χ2n) is 5.43. The van der Waals surface area contributed by atoms with Gasteiger partial charge in [0.05, 0.1) is 24.0 Å². The summed E-state index contributed by atoms with van der Waals surface area (Å²) in [7, 11) is 0. The van der Waals surface area contributed by atoms with E-state index in [0.717, 1.165) is 28.9 Å². The third-order valence-corrected chi connectivity index (χ3v) is 4.32. The number of anilines is 2. The first kappa shape index (κ1) is 12.9. The minimum Gasteiger partial charge on any atom is -0.365 e. The highest BCUT2D eigenvalue weighted by Gasteiger charge is 2.37. The van der Waals surface area contributed by atoms with Gasteiger partial charge in [-0.05, 0) is 32.0 Å². The van der Waals surface area contributed by atoms with E-state index in [9.17, 15) is 4.79 Å². The van der Waals surface area contributed by atoms with Crippen molar-refractivity contribution in [3.8, 4) is 0 Å². The number of halogens is 1. The Morgan fingerprint density at radius 3 is 2.89 bits per heavy atom. The number of benzene rings is 1. The van der Waals surface area contributed by atoms with Gasteiger partial charge in [0, 0.05) is 23.6 Å². The fourth-order valence-corrected chi connectivity index (χ4v) is 3.30. The van der Waals surface area contributed by atoms with E-state index in [1.807, 2.05) is 17.0 Å². The van der Waals surface area contributed by atoms with Crippen LogP contribution in [-0.2, 0) is 4.79 Å². The summed E-state index contributed by atoms with van der Waals surface area (Å²) in [5, 5.41) is 3.21. The fourth-order valence-electron chi connectivity index (χ4n) is 2.95.